The lowest BCUT2D eigenvalue weighted by Gasteiger charge is -2.19. The maximum absolute atomic E-state index is 11.7. The highest BCUT2D eigenvalue weighted by molar-refractivity contribution is 5.96. The maximum atomic E-state index is 11.7. The van der Waals surface area contributed by atoms with Gasteiger partial charge in [-0.25, -0.2) is 0 Å². The Morgan fingerprint density at radius 3 is 2.74 bits per heavy atom. The second kappa shape index (κ2) is 7.20. The first-order valence-corrected chi connectivity index (χ1v) is 9.23. The van der Waals surface area contributed by atoms with Crippen molar-refractivity contribution in [2.45, 2.75) is 26.7 Å². The van der Waals surface area contributed by atoms with Crippen molar-refractivity contribution in [2.24, 2.45) is 0 Å². The highest BCUT2D eigenvalue weighted by atomic mass is 16.1. The number of carbonyl (C=O) groups excluding carboxylic acids is 1. The number of benzene rings is 2. The lowest BCUT2D eigenvalue weighted by atomic mass is 9.89. The molecule has 0 fully saturated rings. The van der Waals surface area contributed by atoms with Gasteiger partial charge in [0.15, 0.2) is 0 Å². The summed E-state index contributed by atoms with van der Waals surface area (Å²) in [6.45, 7) is 4.26. The molecule has 2 heterocycles. The van der Waals surface area contributed by atoms with Gasteiger partial charge >= 0.3 is 0 Å². The number of nitrogens with one attached hydrogen (secondary N) is 1. The number of pyridine rings is 1. The minimum Gasteiger partial charge on any atom is -0.326 e. The summed E-state index contributed by atoms with van der Waals surface area (Å²) in [6, 6.07) is 16.9. The fourth-order valence-corrected chi connectivity index (χ4v) is 3.61. The van der Waals surface area contributed by atoms with Gasteiger partial charge in [-0.15, -0.1) is 0 Å². The first-order valence-electron chi connectivity index (χ1n) is 9.23. The zero-order valence-corrected chi connectivity index (χ0v) is 15.6. The molecule has 27 heavy (non-hydrogen) atoms. The van der Waals surface area contributed by atoms with E-state index in [1.807, 2.05) is 18.3 Å². The molecular formula is C24H22N2O. The SMILES string of the molecule is Cc1ccc(/C(=C/c2cccnc2)c2ccc3c(c2)CCC(=O)N3)c(C)c1. The zero-order valence-electron chi connectivity index (χ0n) is 15.6. The normalized spacial score (nSPS) is 13.9. The molecule has 0 aliphatic carbocycles. The molecule has 0 spiro atoms. The quantitative estimate of drug-likeness (QED) is 0.705. The van der Waals surface area contributed by atoms with Crippen LogP contribution in [-0.4, -0.2) is 10.9 Å². The predicted octanol–water partition coefficient (Wildman–Crippen LogP) is 5.17. The molecule has 0 unspecified atom stereocenters. The Labute approximate surface area is 159 Å². The molecule has 3 heteroatoms. The summed E-state index contributed by atoms with van der Waals surface area (Å²) in [7, 11) is 0. The van der Waals surface area contributed by atoms with E-state index < -0.39 is 0 Å². The van der Waals surface area contributed by atoms with E-state index in [0.29, 0.717) is 6.42 Å². The van der Waals surface area contributed by atoms with Gasteiger partial charge in [-0.3, -0.25) is 9.78 Å². The smallest absolute Gasteiger partial charge is 0.224 e. The average Bonchev–Trinajstić information content (AvgIpc) is 2.67. The summed E-state index contributed by atoms with van der Waals surface area (Å²) >= 11 is 0. The molecule has 4 rings (SSSR count). The van der Waals surface area contributed by atoms with Crippen molar-refractivity contribution in [2.75, 3.05) is 5.32 Å². The van der Waals surface area contributed by atoms with Crippen LogP contribution in [0.5, 0.6) is 0 Å². The molecule has 1 N–H and O–H groups in total. The van der Waals surface area contributed by atoms with E-state index >= 15 is 0 Å². The third-order valence-corrected chi connectivity index (χ3v) is 4.98. The van der Waals surface area contributed by atoms with Crippen molar-refractivity contribution in [3.8, 4) is 0 Å². The molecule has 0 atom stereocenters. The molecule has 1 aliphatic rings. The first kappa shape index (κ1) is 17.2. The Morgan fingerprint density at radius 1 is 1.07 bits per heavy atom. The van der Waals surface area contributed by atoms with E-state index in [4.69, 9.17) is 0 Å². The topological polar surface area (TPSA) is 42.0 Å². The Kier molecular flexibility index (Phi) is 4.59. The van der Waals surface area contributed by atoms with E-state index in [1.54, 1.807) is 6.20 Å². The molecule has 3 aromatic rings. The van der Waals surface area contributed by atoms with Crippen LogP contribution < -0.4 is 5.32 Å². The van der Waals surface area contributed by atoms with Crippen LogP contribution in [0.3, 0.4) is 0 Å². The van der Waals surface area contributed by atoms with Crippen LogP contribution in [0.25, 0.3) is 11.6 Å². The molecule has 2 aromatic carbocycles. The molecule has 0 saturated heterocycles. The lowest BCUT2D eigenvalue weighted by molar-refractivity contribution is -0.116. The summed E-state index contributed by atoms with van der Waals surface area (Å²) in [5, 5.41) is 2.97. The summed E-state index contributed by atoms with van der Waals surface area (Å²) in [5.41, 5.74) is 9.22. The molecule has 1 amide bonds. The maximum Gasteiger partial charge on any atom is 0.224 e. The van der Waals surface area contributed by atoms with Crippen molar-refractivity contribution in [3.05, 3.63) is 94.3 Å². The molecule has 1 aromatic heterocycles. The molecule has 3 nitrogen and oxygen atoms in total. The number of hydrogen-bond donors (Lipinski definition) is 1. The van der Waals surface area contributed by atoms with Crippen molar-refractivity contribution in [1.29, 1.82) is 0 Å². The highest BCUT2D eigenvalue weighted by Gasteiger charge is 2.17. The number of carbonyl (C=O) groups is 1. The van der Waals surface area contributed by atoms with Gasteiger partial charge in [-0.2, -0.15) is 0 Å². The van der Waals surface area contributed by atoms with E-state index in [2.05, 4.69) is 66.6 Å². The number of rotatable bonds is 3. The summed E-state index contributed by atoms with van der Waals surface area (Å²) < 4.78 is 0. The van der Waals surface area contributed by atoms with Crippen LogP contribution in [0.4, 0.5) is 5.69 Å². The van der Waals surface area contributed by atoms with Gasteiger partial charge in [0, 0.05) is 24.5 Å². The number of nitrogens with zero attached hydrogens (tertiary/aromatic N) is 1. The lowest BCUT2D eigenvalue weighted by Crippen LogP contribution is -2.18. The number of anilines is 1. The Morgan fingerprint density at radius 2 is 1.96 bits per heavy atom. The summed E-state index contributed by atoms with van der Waals surface area (Å²) in [4.78, 5) is 15.9. The standard InChI is InChI=1S/C24H22N2O/c1-16-5-8-21(17(2)12-16)22(13-18-4-3-11-25-15-18)19-6-9-23-20(14-19)7-10-24(27)26-23/h3-6,8-9,11-15H,7,10H2,1-2H3,(H,26,27)/b22-13+. The minimum absolute atomic E-state index is 0.0933. The number of aromatic nitrogens is 1. The van der Waals surface area contributed by atoms with Crippen molar-refractivity contribution < 1.29 is 4.79 Å². The van der Waals surface area contributed by atoms with Gasteiger partial charge in [0.2, 0.25) is 5.91 Å². The van der Waals surface area contributed by atoms with Gasteiger partial charge in [0.25, 0.3) is 0 Å². The second-order valence-electron chi connectivity index (χ2n) is 7.08. The number of hydrogen-bond acceptors (Lipinski definition) is 2. The molecule has 0 saturated carbocycles. The average molecular weight is 354 g/mol. The Balaban J connectivity index is 1.86. The molecule has 0 bridgehead atoms. The van der Waals surface area contributed by atoms with Crippen LogP contribution in [0, 0.1) is 13.8 Å². The van der Waals surface area contributed by atoms with E-state index in [9.17, 15) is 4.79 Å². The van der Waals surface area contributed by atoms with Crippen LogP contribution in [-0.2, 0) is 11.2 Å². The summed E-state index contributed by atoms with van der Waals surface area (Å²) in [5.74, 6) is 0.0933. The first-order chi connectivity index (χ1) is 13.1. The zero-order chi connectivity index (χ0) is 18.8. The monoisotopic (exact) mass is 354 g/mol. The summed E-state index contributed by atoms with van der Waals surface area (Å²) in [6.07, 6.45) is 7.18. The van der Waals surface area contributed by atoms with Crippen LogP contribution >= 0.6 is 0 Å². The highest BCUT2D eigenvalue weighted by Crippen LogP contribution is 2.32. The number of fused-ring (bicyclic) bond motifs is 1. The fraction of sp³-hybridized carbons (Fsp3) is 0.167. The van der Waals surface area contributed by atoms with Crippen LogP contribution in [0.1, 0.15) is 39.8 Å². The minimum atomic E-state index is 0.0933. The van der Waals surface area contributed by atoms with Crippen molar-refractivity contribution in [3.63, 3.8) is 0 Å². The van der Waals surface area contributed by atoms with E-state index in [-0.39, 0.29) is 5.91 Å². The van der Waals surface area contributed by atoms with Crippen molar-refractivity contribution in [1.82, 2.24) is 4.98 Å². The van der Waals surface area contributed by atoms with Gasteiger partial charge in [-0.05, 0) is 77.9 Å². The third kappa shape index (κ3) is 3.68. The van der Waals surface area contributed by atoms with E-state index in [1.165, 1.54) is 27.8 Å². The second-order valence-corrected chi connectivity index (χ2v) is 7.08. The molecule has 1 aliphatic heterocycles. The van der Waals surface area contributed by atoms with E-state index in [0.717, 1.165) is 23.2 Å². The Hall–Kier alpha value is -3.20. The predicted molar refractivity (Wildman–Crippen MR) is 111 cm³/mol. The molecule has 0 radical (unpaired) electrons. The fourth-order valence-electron chi connectivity index (χ4n) is 3.61. The van der Waals surface area contributed by atoms with Crippen LogP contribution in [0.15, 0.2) is 60.9 Å². The van der Waals surface area contributed by atoms with Gasteiger partial charge < -0.3 is 5.32 Å². The molecule has 134 valence electrons. The number of amides is 1. The Bertz CT molecular complexity index is 1040. The van der Waals surface area contributed by atoms with Gasteiger partial charge in [0.1, 0.15) is 0 Å². The van der Waals surface area contributed by atoms with Crippen LogP contribution in [0.2, 0.25) is 0 Å². The largest absolute Gasteiger partial charge is 0.326 e. The number of aryl methyl sites for hydroxylation is 3. The van der Waals surface area contributed by atoms with Gasteiger partial charge in [-0.1, -0.05) is 35.9 Å². The van der Waals surface area contributed by atoms with Crippen molar-refractivity contribution >= 4 is 23.2 Å². The molecular weight excluding hydrogens is 332 g/mol. The third-order valence-electron chi connectivity index (χ3n) is 4.98. The van der Waals surface area contributed by atoms with Gasteiger partial charge in [0.05, 0.1) is 0 Å².